The summed E-state index contributed by atoms with van der Waals surface area (Å²) in [6, 6.07) is 27.6. The number of aryl methyl sites for hydroxylation is 1. The van der Waals surface area contributed by atoms with E-state index in [-0.39, 0.29) is 17.3 Å². The Hall–Kier alpha value is -3.99. The Labute approximate surface area is 271 Å². The molecule has 220 valence electrons. The van der Waals surface area contributed by atoms with Crippen LogP contribution < -0.4 is 0 Å². The number of amides is 1. The van der Waals surface area contributed by atoms with Crippen LogP contribution in [0.5, 0.6) is 0 Å². The van der Waals surface area contributed by atoms with Gasteiger partial charge in [-0.25, -0.2) is 12.4 Å². The fourth-order valence-electron chi connectivity index (χ4n) is 5.83. The molecule has 1 N–H and O–H groups in total. The van der Waals surface area contributed by atoms with E-state index in [1.54, 1.807) is 36.5 Å². The third-order valence-corrected chi connectivity index (χ3v) is 10.7. The molecule has 0 aliphatic carbocycles. The first-order chi connectivity index (χ1) is 21.2. The average molecular weight is 730 g/mol. The first kappa shape index (κ1) is 28.8. The molecule has 2 aromatic heterocycles. The van der Waals surface area contributed by atoms with Crippen LogP contribution >= 0.6 is 31.9 Å². The summed E-state index contributed by atoms with van der Waals surface area (Å²) in [5.41, 5.74) is 5.20. The Balaban J connectivity index is 1.39. The topological polar surface area (TPSA) is 87.5 Å². The van der Waals surface area contributed by atoms with E-state index in [4.69, 9.17) is 4.99 Å². The van der Waals surface area contributed by atoms with Gasteiger partial charge in [0.1, 0.15) is 5.71 Å². The molecule has 0 radical (unpaired) electrons. The number of hydrogen-bond donors (Lipinski definition) is 1. The van der Waals surface area contributed by atoms with Crippen molar-refractivity contribution in [1.82, 2.24) is 13.9 Å². The number of benzene rings is 4. The SMILES string of the molecule is Cc1ccc(S(=O)(=O)n2cc(C3CN=C(c4c[nH]c5cc(Br)ccc45)C(=O)N3Cc3ccccc3)c3ccc(Br)cc32)cc1. The number of aromatic nitrogens is 2. The zero-order valence-corrected chi connectivity index (χ0v) is 27.5. The largest absolute Gasteiger partial charge is 0.360 e. The smallest absolute Gasteiger partial charge is 0.273 e. The van der Waals surface area contributed by atoms with Gasteiger partial charge >= 0.3 is 0 Å². The zero-order valence-electron chi connectivity index (χ0n) is 23.5. The number of nitrogens with one attached hydrogen (secondary N) is 1. The molecule has 3 heterocycles. The third kappa shape index (κ3) is 5.00. The number of hydrogen-bond acceptors (Lipinski definition) is 4. The summed E-state index contributed by atoms with van der Waals surface area (Å²) in [5.74, 6) is -0.215. The number of fused-ring (bicyclic) bond motifs is 2. The summed E-state index contributed by atoms with van der Waals surface area (Å²) >= 11 is 7.04. The molecule has 1 unspecified atom stereocenters. The highest BCUT2D eigenvalue weighted by atomic mass is 79.9. The number of halogens is 2. The Morgan fingerprint density at radius 1 is 0.909 bits per heavy atom. The molecule has 0 bridgehead atoms. The summed E-state index contributed by atoms with van der Waals surface area (Å²) < 4.78 is 31.0. The fourth-order valence-corrected chi connectivity index (χ4v) is 7.91. The van der Waals surface area contributed by atoms with Crippen LogP contribution in [0.2, 0.25) is 0 Å². The summed E-state index contributed by atoms with van der Waals surface area (Å²) in [6.07, 6.45) is 3.48. The van der Waals surface area contributed by atoms with E-state index in [2.05, 4.69) is 36.8 Å². The van der Waals surface area contributed by atoms with Crippen LogP contribution in [-0.4, -0.2) is 40.4 Å². The number of rotatable bonds is 6. The van der Waals surface area contributed by atoms with Gasteiger partial charge < -0.3 is 9.88 Å². The Morgan fingerprint density at radius 2 is 1.61 bits per heavy atom. The van der Waals surface area contributed by atoms with E-state index >= 15 is 0 Å². The van der Waals surface area contributed by atoms with Gasteiger partial charge in [0.2, 0.25) is 0 Å². The van der Waals surface area contributed by atoms with Crippen molar-refractivity contribution in [3.05, 3.63) is 135 Å². The maximum absolute atomic E-state index is 14.4. The van der Waals surface area contributed by atoms with Crippen LogP contribution in [0.4, 0.5) is 0 Å². The maximum atomic E-state index is 14.4. The molecule has 1 amide bonds. The van der Waals surface area contributed by atoms with Crippen LogP contribution in [0.15, 0.2) is 122 Å². The molecule has 0 saturated heterocycles. The van der Waals surface area contributed by atoms with Gasteiger partial charge in [0.05, 0.1) is 23.0 Å². The number of H-pyrrole nitrogens is 1. The Kier molecular flexibility index (Phi) is 7.31. The van der Waals surface area contributed by atoms with Crippen molar-refractivity contribution in [2.45, 2.75) is 24.4 Å². The van der Waals surface area contributed by atoms with E-state index in [1.165, 1.54) is 3.97 Å². The van der Waals surface area contributed by atoms with Crippen LogP contribution in [0, 0.1) is 6.92 Å². The van der Waals surface area contributed by atoms with Crippen molar-refractivity contribution >= 4 is 75.3 Å². The van der Waals surface area contributed by atoms with E-state index in [9.17, 15) is 13.2 Å². The lowest BCUT2D eigenvalue weighted by molar-refractivity contribution is -0.127. The van der Waals surface area contributed by atoms with Gasteiger partial charge in [0, 0.05) is 55.3 Å². The van der Waals surface area contributed by atoms with Gasteiger partial charge in [-0.15, -0.1) is 0 Å². The summed E-state index contributed by atoms with van der Waals surface area (Å²) in [4.78, 5) is 24.5. The van der Waals surface area contributed by atoms with Crippen molar-refractivity contribution in [2.75, 3.05) is 6.54 Å². The quantitative estimate of drug-likeness (QED) is 0.190. The second-order valence-electron chi connectivity index (χ2n) is 10.9. The normalized spacial score (nSPS) is 15.7. The molecule has 44 heavy (non-hydrogen) atoms. The van der Waals surface area contributed by atoms with Gasteiger partial charge in [0.15, 0.2) is 0 Å². The Bertz CT molecular complexity index is 2200. The molecule has 10 heteroatoms. The van der Waals surface area contributed by atoms with Crippen LogP contribution in [-0.2, 0) is 21.4 Å². The summed E-state index contributed by atoms with van der Waals surface area (Å²) in [5, 5.41) is 1.65. The van der Waals surface area contributed by atoms with E-state index < -0.39 is 16.1 Å². The van der Waals surface area contributed by atoms with Crippen molar-refractivity contribution in [1.29, 1.82) is 0 Å². The minimum absolute atomic E-state index is 0.193. The van der Waals surface area contributed by atoms with Gasteiger partial charge in [0.25, 0.3) is 15.9 Å². The summed E-state index contributed by atoms with van der Waals surface area (Å²) in [6.45, 7) is 2.53. The average Bonchev–Trinajstić information content (AvgIpc) is 3.60. The molecule has 7 rings (SSSR count). The molecule has 4 aromatic carbocycles. The molecule has 7 nitrogen and oxygen atoms in total. The highest BCUT2D eigenvalue weighted by Crippen LogP contribution is 2.37. The van der Waals surface area contributed by atoms with Crippen molar-refractivity contribution in [3.63, 3.8) is 0 Å². The van der Waals surface area contributed by atoms with Crippen LogP contribution in [0.25, 0.3) is 21.8 Å². The molecule has 1 atom stereocenters. The fraction of sp³-hybridized carbons (Fsp3) is 0.118. The standard InChI is InChI=1S/C34H26Br2N4O3S/c1-21-7-11-25(12-8-21)44(42,43)40-20-29(27-14-10-24(36)16-31(27)40)32-18-38-33(28-17-37-30-15-23(35)9-13-26(28)30)34(41)39(32)19-22-5-3-2-4-6-22/h2-17,20,32,37H,18-19H2,1H3. The van der Waals surface area contributed by atoms with Gasteiger partial charge in [-0.1, -0.05) is 92.0 Å². The molecule has 1 aliphatic rings. The van der Waals surface area contributed by atoms with E-state index in [1.807, 2.05) is 78.7 Å². The lowest BCUT2D eigenvalue weighted by Crippen LogP contribution is -2.44. The molecule has 0 spiro atoms. The highest BCUT2D eigenvalue weighted by molar-refractivity contribution is 9.10. The predicted octanol–water partition coefficient (Wildman–Crippen LogP) is 7.77. The molecular weight excluding hydrogens is 704 g/mol. The molecule has 0 fully saturated rings. The second-order valence-corrected chi connectivity index (χ2v) is 14.5. The number of aromatic amines is 1. The van der Waals surface area contributed by atoms with Crippen molar-refractivity contribution in [3.8, 4) is 0 Å². The van der Waals surface area contributed by atoms with Gasteiger partial charge in [-0.05, 0) is 48.9 Å². The molecular formula is C34H26Br2N4O3S. The maximum Gasteiger partial charge on any atom is 0.273 e. The molecule has 0 saturated carbocycles. The molecule has 6 aromatic rings. The number of aliphatic imine (C=N–C) groups is 1. The first-order valence-corrected chi connectivity index (χ1v) is 17.0. The highest BCUT2D eigenvalue weighted by Gasteiger charge is 2.36. The number of carbonyl (C=O) groups excluding carboxylic acids is 1. The number of carbonyl (C=O) groups is 1. The van der Waals surface area contributed by atoms with E-state index in [0.717, 1.165) is 47.5 Å². The van der Waals surface area contributed by atoms with Crippen LogP contribution in [0.3, 0.4) is 0 Å². The minimum atomic E-state index is -3.93. The number of nitrogens with zero attached hydrogens (tertiary/aromatic N) is 3. The second kappa shape index (κ2) is 11.2. The lowest BCUT2D eigenvalue weighted by Gasteiger charge is -2.35. The third-order valence-electron chi connectivity index (χ3n) is 8.06. The van der Waals surface area contributed by atoms with E-state index in [0.29, 0.717) is 17.8 Å². The minimum Gasteiger partial charge on any atom is -0.360 e. The van der Waals surface area contributed by atoms with Crippen LogP contribution in [0.1, 0.15) is 28.3 Å². The lowest BCUT2D eigenvalue weighted by atomic mass is 9.98. The monoisotopic (exact) mass is 728 g/mol. The summed E-state index contributed by atoms with van der Waals surface area (Å²) in [7, 11) is -3.93. The Morgan fingerprint density at radius 3 is 2.36 bits per heavy atom. The predicted molar refractivity (Wildman–Crippen MR) is 181 cm³/mol. The molecule has 1 aliphatic heterocycles. The first-order valence-electron chi connectivity index (χ1n) is 14.0. The van der Waals surface area contributed by atoms with Crippen molar-refractivity contribution in [2.24, 2.45) is 4.99 Å². The zero-order chi connectivity index (χ0) is 30.6. The van der Waals surface area contributed by atoms with Crippen molar-refractivity contribution < 1.29 is 13.2 Å². The van der Waals surface area contributed by atoms with Gasteiger partial charge in [-0.3, -0.25) is 9.79 Å². The van der Waals surface area contributed by atoms with Gasteiger partial charge in [-0.2, -0.15) is 0 Å².